The smallest absolute Gasteiger partial charge is 0.308 e. The lowest BCUT2D eigenvalue weighted by molar-refractivity contribution is -0.141. The molecule has 0 saturated carbocycles. The number of benzene rings is 2. The van der Waals surface area contributed by atoms with Crippen LogP contribution in [0.1, 0.15) is 11.1 Å². The Hall–Kier alpha value is -3.22. The minimum Gasteiger partial charge on any atom is -0.496 e. The van der Waals surface area contributed by atoms with Crippen molar-refractivity contribution in [3.05, 3.63) is 53.6 Å². The normalized spacial score (nSPS) is 11.4. The molecule has 2 aromatic carbocycles. The van der Waals surface area contributed by atoms with Gasteiger partial charge in [0, 0.05) is 6.54 Å². The number of carbonyl (C=O) groups excluding carboxylic acids is 1. The summed E-state index contributed by atoms with van der Waals surface area (Å²) >= 11 is 0. The largest absolute Gasteiger partial charge is 0.496 e. The molecule has 7 heteroatoms. The van der Waals surface area contributed by atoms with Crippen LogP contribution in [0, 0.1) is 12.8 Å². The summed E-state index contributed by atoms with van der Waals surface area (Å²) in [5.74, 6) is -0.255. The molecule has 2 N–H and O–H groups in total. The summed E-state index contributed by atoms with van der Waals surface area (Å²) in [5.41, 5.74) is 1.67. The Morgan fingerprint density at radius 1 is 1.07 bits per heavy atom. The van der Waals surface area contributed by atoms with Gasteiger partial charge >= 0.3 is 5.97 Å². The molecule has 0 aliphatic heterocycles. The number of methoxy groups -OCH3 is 2. The standard InChI is InChI=1S/C21H25NO6/c1-14-10-17(8-9-18(14)26-2)28-13-20(23)22-12-16(21(24)25)11-15-6-4-5-7-19(15)27-3/h4-10,16H,11-13H2,1-3H3,(H,22,23)(H,24,25). The molecule has 7 nitrogen and oxygen atoms in total. The highest BCUT2D eigenvalue weighted by Crippen LogP contribution is 2.23. The van der Waals surface area contributed by atoms with Crippen molar-refractivity contribution in [2.24, 2.45) is 5.92 Å². The quantitative estimate of drug-likeness (QED) is 0.650. The van der Waals surface area contributed by atoms with Crippen LogP contribution in [0.15, 0.2) is 42.5 Å². The number of carboxylic acid groups (broad SMARTS) is 1. The maximum absolute atomic E-state index is 12.0. The number of carboxylic acids is 1. The Labute approximate surface area is 164 Å². The third kappa shape index (κ3) is 5.90. The van der Waals surface area contributed by atoms with Gasteiger partial charge < -0.3 is 24.6 Å². The Bertz CT molecular complexity index is 820. The van der Waals surface area contributed by atoms with E-state index in [9.17, 15) is 14.7 Å². The molecule has 0 radical (unpaired) electrons. The van der Waals surface area contributed by atoms with Gasteiger partial charge in [-0.3, -0.25) is 9.59 Å². The number of amides is 1. The molecule has 0 saturated heterocycles. The Morgan fingerprint density at radius 3 is 2.43 bits per heavy atom. The monoisotopic (exact) mass is 387 g/mol. The van der Waals surface area contributed by atoms with Crippen LogP contribution in [0.3, 0.4) is 0 Å². The van der Waals surface area contributed by atoms with E-state index in [2.05, 4.69) is 5.32 Å². The summed E-state index contributed by atoms with van der Waals surface area (Å²) in [6.07, 6.45) is 0.248. The van der Waals surface area contributed by atoms with Crippen molar-refractivity contribution in [1.29, 1.82) is 0 Å². The van der Waals surface area contributed by atoms with Crippen molar-refractivity contribution in [3.8, 4) is 17.2 Å². The van der Waals surface area contributed by atoms with E-state index in [1.807, 2.05) is 25.1 Å². The van der Waals surface area contributed by atoms with Gasteiger partial charge in [-0.15, -0.1) is 0 Å². The number of aryl methyl sites for hydroxylation is 1. The summed E-state index contributed by atoms with van der Waals surface area (Å²) in [5, 5.41) is 12.1. The van der Waals surface area contributed by atoms with E-state index in [-0.39, 0.29) is 25.5 Å². The lowest BCUT2D eigenvalue weighted by Gasteiger charge is -2.16. The molecule has 150 valence electrons. The van der Waals surface area contributed by atoms with Crippen LogP contribution in [0.5, 0.6) is 17.2 Å². The average molecular weight is 387 g/mol. The summed E-state index contributed by atoms with van der Waals surface area (Å²) < 4.78 is 15.9. The van der Waals surface area contributed by atoms with E-state index in [0.29, 0.717) is 11.5 Å². The van der Waals surface area contributed by atoms with E-state index in [1.54, 1.807) is 31.4 Å². The summed E-state index contributed by atoms with van der Waals surface area (Å²) in [6.45, 7) is 1.67. The second-order valence-electron chi connectivity index (χ2n) is 6.28. The topological polar surface area (TPSA) is 94.1 Å². The fourth-order valence-electron chi connectivity index (χ4n) is 2.76. The second-order valence-corrected chi connectivity index (χ2v) is 6.28. The number of carbonyl (C=O) groups is 2. The fraction of sp³-hybridized carbons (Fsp3) is 0.333. The number of aliphatic carboxylic acids is 1. The molecule has 0 aliphatic rings. The van der Waals surface area contributed by atoms with Gasteiger partial charge in [-0.25, -0.2) is 0 Å². The van der Waals surface area contributed by atoms with E-state index >= 15 is 0 Å². The molecule has 2 rings (SSSR count). The third-order valence-electron chi connectivity index (χ3n) is 4.29. The van der Waals surface area contributed by atoms with Crippen LogP contribution in [0.2, 0.25) is 0 Å². The number of para-hydroxylation sites is 1. The van der Waals surface area contributed by atoms with E-state index in [4.69, 9.17) is 14.2 Å². The van der Waals surface area contributed by atoms with Crippen molar-refractivity contribution in [1.82, 2.24) is 5.32 Å². The highest BCUT2D eigenvalue weighted by atomic mass is 16.5. The molecule has 0 bridgehead atoms. The summed E-state index contributed by atoms with van der Waals surface area (Å²) in [6, 6.07) is 12.5. The van der Waals surface area contributed by atoms with E-state index in [0.717, 1.165) is 16.9 Å². The first-order valence-corrected chi connectivity index (χ1v) is 8.83. The molecule has 1 amide bonds. The lowest BCUT2D eigenvalue weighted by atomic mass is 9.98. The van der Waals surface area contributed by atoms with Crippen LogP contribution in [0.25, 0.3) is 0 Å². The summed E-state index contributed by atoms with van der Waals surface area (Å²) in [4.78, 5) is 23.6. The zero-order valence-electron chi connectivity index (χ0n) is 16.2. The molecule has 28 heavy (non-hydrogen) atoms. The molecule has 0 heterocycles. The third-order valence-corrected chi connectivity index (χ3v) is 4.29. The Morgan fingerprint density at radius 2 is 1.79 bits per heavy atom. The second kappa shape index (κ2) is 10.2. The zero-order chi connectivity index (χ0) is 20.5. The zero-order valence-corrected chi connectivity index (χ0v) is 16.2. The predicted octanol–water partition coefficient (Wildman–Crippen LogP) is 2.45. The van der Waals surface area contributed by atoms with Crippen molar-refractivity contribution < 1.29 is 28.9 Å². The highest BCUT2D eigenvalue weighted by molar-refractivity contribution is 5.78. The Kier molecular flexibility index (Phi) is 7.68. The van der Waals surface area contributed by atoms with Gasteiger partial charge in [0.15, 0.2) is 6.61 Å². The van der Waals surface area contributed by atoms with Gasteiger partial charge in [0.05, 0.1) is 20.1 Å². The number of nitrogens with one attached hydrogen (secondary N) is 1. The van der Waals surface area contributed by atoms with Crippen molar-refractivity contribution in [3.63, 3.8) is 0 Å². The molecule has 0 aromatic heterocycles. The molecular weight excluding hydrogens is 362 g/mol. The van der Waals surface area contributed by atoms with Crippen LogP contribution in [-0.4, -0.2) is 44.4 Å². The molecule has 0 aliphatic carbocycles. The van der Waals surface area contributed by atoms with Gasteiger partial charge in [-0.2, -0.15) is 0 Å². The Balaban J connectivity index is 1.88. The van der Waals surface area contributed by atoms with Crippen LogP contribution >= 0.6 is 0 Å². The van der Waals surface area contributed by atoms with Crippen molar-refractivity contribution in [2.45, 2.75) is 13.3 Å². The minimum absolute atomic E-state index is 0.00276. The maximum Gasteiger partial charge on any atom is 0.308 e. The van der Waals surface area contributed by atoms with Gasteiger partial charge in [0.25, 0.3) is 5.91 Å². The van der Waals surface area contributed by atoms with Crippen LogP contribution in [-0.2, 0) is 16.0 Å². The van der Waals surface area contributed by atoms with Gasteiger partial charge in [0.2, 0.25) is 0 Å². The van der Waals surface area contributed by atoms with Crippen LogP contribution < -0.4 is 19.5 Å². The first-order valence-electron chi connectivity index (χ1n) is 8.83. The summed E-state index contributed by atoms with van der Waals surface area (Å²) in [7, 11) is 3.12. The first kappa shape index (κ1) is 21.1. The minimum atomic E-state index is -0.988. The number of rotatable bonds is 10. The number of hydrogen-bond donors (Lipinski definition) is 2. The number of hydrogen-bond acceptors (Lipinski definition) is 5. The van der Waals surface area contributed by atoms with Gasteiger partial charge in [-0.05, 0) is 48.7 Å². The lowest BCUT2D eigenvalue weighted by Crippen LogP contribution is -2.36. The average Bonchev–Trinajstić information content (AvgIpc) is 2.69. The van der Waals surface area contributed by atoms with E-state index < -0.39 is 11.9 Å². The predicted molar refractivity (Wildman–Crippen MR) is 104 cm³/mol. The molecular formula is C21H25NO6. The molecule has 2 aromatic rings. The van der Waals surface area contributed by atoms with Crippen molar-refractivity contribution in [2.75, 3.05) is 27.4 Å². The maximum atomic E-state index is 12.0. The molecule has 0 spiro atoms. The van der Waals surface area contributed by atoms with Crippen LogP contribution in [0.4, 0.5) is 0 Å². The van der Waals surface area contributed by atoms with Gasteiger partial charge in [0.1, 0.15) is 17.2 Å². The van der Waals surface area contributed by atoms with Crippen molar-refractivity contribution >= 4 is 11.9 Å². The molecule has 1 unspecified atom stereocenters. The molecule has 0 fully saturated rings. The highest BCUT2D eigenvalue weighted by Gasteiger charge is 2.20. The fourth-order valence-corrected chi connectivity index (χ4v) is 2.76. The van der Waals surface area contributed by atoms with Gasteiger partial charge in [-0.1, -0.05) is 18.2 Å². The van der Waals surface area contributed by atoms with E-state index in [1.165, 1.54) is 7.11 Å². The first-order chi connectivity index (χ1) is 13.4. The SMILES string of the molecule is COc1ccc(OCC(=O)NCC(Cc2ccccc2OC)C(=O)O)cc1C. The number of ether oxygens (including phenoxy) is 3. The molecule has 1 atom stereocenters.